The Bertz CT molecular complexity index is 993. The van der Waals surface area contributed by atoms with Gasteiger partial charge in [-0.2, -0.15) is 0 Å². The van der Waals surface area contributed by atoms with Crippen LogP contribution in [0.2, 0.25) is 0 Å². The van der Waals surface area contributed by atoms with Crippen LogP contribution >= 0.6 is 0 Å². The van der Waals surface area contributed by atoms with Gasteiger partial charge in [-0.25, -0.2) is 23.5 Å². The zero-order valence-electron chi connectivity index (χ0n) is 16.5. The predicted octanol–water partition coefficient (Wildman–Crippen LogP) is 2.59. The van der Waals surface area contributed by atoms with Gasteiger partial charge >= 0.3 is 6.09 Å². The van der Waals surface area contributed by atoms with Gasteiger partial charge in [0.15, 0.2) is 5.82 Å². The number of fused-ring (bicyclic) bond motifs is 3. The molecule has 8 nitrogen and oxygen atoms in total. The summed E-state index contributed by atoms with van der Waals surface area (Å²) < 4.78 is 39.3. The zero-order valence-corrected chi connectivity index (χ0v) is 16.5. The Balaban J connectivity index is 1.72. The molecule has 4 rings (SSSR count). The number of hydrogen-bond acceptors (Lipinski definition) is 5. The molecule has 1 aromatic heterocycles. The van der Waals surface area contributed by atoms with E-state index >= 15 is 0 Å². The Kier molecular flexibility index (Phi) is 5.08. The molecule has 0 saturated carbocycles. The van der Waals surface area contributed by atoms with Crippen LogP contribution in [0.4, 0.5) is 19.4 Å². The van der Waals surface area contributed by atoms with Gasteiger partial charge in [0.1, 0.15) is 30.3 Å². The van der Waals surface area contributed by atoms with Crippen molar-refractivity contribution in [2.24, 2.45) is 11.7 Å². The smallest absolute Gasteiger partial charge is 0.416 e. The van der Waals surface area contributed by atoms with E-state index in [1.54, 1.807) is 17.7 Å². The third-order valence-corrected chi connectivity index (χ3v) is 5.30. The van der Waals surface area contributed by atoms with Crippen molar-refractivity contribution in [3.63, 3.8) is 0 Å². The Hall–Kier alpha value is -3.17. The number of benzene rings is 1. The number of nitrogens with two attached hydrogens (primary N) is 1. The second-order valence-electron chi connectivity index (χ2n) is 7.69. The number of primary amides is 1. The summed E-state index contributed by atoms with van der Waals surface area (Å²) in [5, 5.41) is 0. The molecule has 3 atom stereocenters. The van der Waals surface area contributed by atoms with Crippen LogP contribution in [-0.2, 0) is 22.5 Å². The molecule has 1 saturated heterocycles. The molecule has 30 heavy (non-hydrogen) atoms. The normalized spacial score (nSPS) is 21.5. The van der Waals surface area contributed by atoms with E-state index < -0.39 is 18.6 Å². The lowest BCUT2D eigenvalue weighted by molar-refractivity contribution is -0.121. The van der Waals surface area contributed by atoms with Gasteiger partial charge in [0.05, 0.1) is 12.1 Å². The molecule has 2 aliphatic rings. The molecule has 2 amide bonds. The van der Waals surface area contributed by atoms with E-state index in [0.717, 1.165) is 10.5 Å². The molecule has 2 aromatic rings. The van der Waals surface area contributed by atoms with Crippen molar-refractivity contribution in [1.29, 1.82) is 0 Å². The van der Waals surface area contributed by atoms with E-state index in [1.807, 2.05) is 25.1 Å². The van der Waals surface area contributed by atoms with E-state index in [-0.39, 0.29) is 30.4 Å². The topological polar surface area (TPSA) is 99.7 Å². The molecule has 1 fully saturated rings. The lowest BCUT2D eigenvalue weighted by atomic mass is 9.99. The maximum absolute atomic E-state index is 13.3. The molecule has 0 unspecified atom stereocenters. The minimum absolute atomic E-state index is 0.115. The van der Waals surface area contributed by atoms with Crippen molar-refractivity contribution in [3.8, 4) is 17.1 Å². The summed E-state index contributed by atoms with van der Waals surface area (Å²) in [6, 6.07) is 4.12. The van der Waals surface area contributed by atoms with E-state index in [0.29, 0.717) is 30.1 Å². The van der Waals surface area contributed by atoms with Crippen molar-refractivity contribution in [2.45, 2.75) is 45.4 Å². The average molecular weight is 420 g/mol. The zero-order chi connectivity index (χ0) is 21.6. The van der Waals surface area contributed by atoms with E-state index in [9.17, 15) is 18.4 Å². The van der Waals surface area contributed by atoms with Crippen LogP contribution in [0.5, 0.6) is 5.75 Å². The van der Waals surface area contributed by atoms with Crippen LogP contribution in [0.1, 0.15) is 19.4 Å². The largest absolute Gasteiger partial charge is 0.488 e. The number of imidazole rings is 1. The number of alkyl halides is 2. The fourth-order valence-corrected chi connectivity index (χ4v) is 3.72. The number of amides is 2. The van der Waals surface area contributed by atoms with Crippen molar-refractivity contribution < 1.29 is 27.8 Å². The average Bonchev–Trinajstić information content (AvgIpc) is 3.22. The molecule has 160 valence electrons. The molecule has 0 radical (unpaired) electrons. The summed E-state index contributed by atoms with van der Waals surface area (Å²) in [6.07, 6.45) is -1.78. The fourth-order valence-electron chi connectivity index (χ4n) is 3.72. The summed E-state index contributed by atoms with van der Waals surface area (Å²) in [5.74, 6) is 0.482. The van der Waals surface area contributed by atoms with Crippen LogP contribution in [0.15, 0.2) is 24.4 Å². The van der Waals surface area contributed by atoms with Crippen LogP contribution < -0.4 is 15.4 Å². The number of carbonyl (C=O) groups is 2. The van der Waals surface area contributed by atoms with Gasteiger partial charge in [0.25, 0.3) is 6.43 Å². The SMILES string of the molecule is C[C@@H]1Cn2cc(N3C(=O)OC[C@H]3C(F)F)nc2-c2ccc(C[C@@H](C)C(N)=O)cc2O1. The number of rotatable bonds is 5. The third kappa shape index (κ3) is 3.57. The molecule has 2 N–H and O–H groups in total. The highest BCUT2D eigenvalue weighted by Gasteiger charge is 2.42. The highest BCUT2D eigenvalue weighted by molar-refractivity contribution is 5.89. The number of aromatic nitrogens is 2. The Morgan fingerprint density at radius 3 is 2.87 bits per heavy atom. The molecule has 0 spiro atoms. The number of nitrogens with zero attached hydrogens (tertiary/aromatic N) is 3. The number of cyclic esters (lactones) is 1. The van der Waals surface area contributed by atoms with Gasteiger partial charge in [0, 0.05) is 12.1 Å². The minimum atomic E-state index is -2.75. The van der Waals surface area contributed by atoms with Crippen LogP contribution in [0, 0.1) is 5.92 Å². The summed E-state index contributed by atoms with van der Waals surface area (Å²) >= 11 is 0. The van der Waals surface area contributed by atoms with Gasteiger partial charge in [-0.3, -0.25) is 4.79 Å². The summed E-state index contributed by atoms with van der Waals surface area (Å²) in [6.45, 7) is 3.68. The Morgan fingerprint density at radius 2 is 2.17 bits per heavy atom. The Morgan fingerprint density at radius 1 is 1.40 bits per heavy atom. The summed E-state index contributed by atoms with van der Waals surface area (Å²) in [5.41, 5.74) is 6.91. The number of carbonyl (C=O) groups excluding carboxylic acids is 2. The molecular weight excluding hydrogens is 398 g/mol. The van der Waals surface area contributed by atoms with Gasteiger partial charge in [-0.05, 0) is 31.0 Å². The molecule has 2 aliphatic heterocycles. The van der Waals surface area contributed by atoms with Crippen molar-refractivity contribution in [1.82, 2.24) is 9.55 Å². The van der Waals surface area contributed by atoms with Gasteiger partial charge < -0.3 is 19.8 Å². The first-order valence-electron chi connectivity index (χ1n) is 9.65. The van der Waals surface area contributed by atoms with E-state index in [4.69, 9.17) is 15.2 Å². The number of anilines is 1. The summed E-state index contributed by atoms with van der Waals surface area (Å²) in [4.78, 5) is 28.8. The number of hydrogen-bond donors (Lipinski definition) is 1. The van der Waals surface area contributed by atoms with Crippen LogP contribution in [0.3, 0.4) is 0 Å². The first kappa shape index (κ1) is 20.1. The quantitative estimate of drug-likeness (QED) is 0.802. The lowest BCUT2D eigenvalue weighted by Crippen LogP contribution is -2.38. The van der Waals surface area contributed by atoms with Crippen molar-refractivity contribution >= 4 is 17.8 Å². The maximum atomic E-state index is 13.3. The van der Waals surface area contributed by atoms with Crippen LogP contribution in [0.25, 0.3) is 11.4 Å². The van der Waals surface area contributed by atoms with E-state index in [2.05, 4.69) is 4.98 Å². The number of halogens is 2. The molecule has 1 aromatic carbocycles. The molecule has 0 bridgehead atoms. The first-order valence-corrected chi connectivity index (χ1v) is 9.65. The molecule has 3 heterocycles. The van der Waals surface area contributed by atoms with Crippen LogP contribution in [-0.4, -0.2) is 46.7 Å². The highest BCUT2D eigenvalue weighted by Crippen LogP contribution is 2.37. The standard InChI is InChI=1S/C20H22F2N4O4/c1-10(18(23)27)5-12-3-4-13-15(6-12)30-11(2)7-25-8-16(24-19(13)25)26-14(17(21)22)9-29-20(26)28/h3-4,6,8,10-11,14,17H,5,7,9H2,1-2H3,(H2,23,27)/t10-,11-,14+/m1/s1. The second kappa shape index (κ2) is 7.58. The molecule has 0 aliphatic carbocycles. The van der Waals surface area contributed by atoms with Crippen molar-refractivity contribution in [2.75, 3.05) is 11.5 Å². The van der Waals surface area contributed by atoms with Crippen molar-refractivity contribution in [3.05, 3.63) is 30.0 Å². The summed E-state index contributed by atoms with van der Waals surface area (Å²) in [7, 11) is 0. The monoisotopic (exact) mass is 420 g/mol. The highest BCUT2D eigenvalue weighted by atomic mass is 19.3. The van der Waals surface area contributed by atoms with E-state index in [1.165, 1.54) is 0 Å². The predicted molar refractivity (Wildman–Crippen MR) is 103 cm³/mol. The van der Waals surface area contributed by atoms with Gasteiger partial charge in [0.2, 0.25) is 5.91 Å². The second-order valence-corrected chi connectivity index (χ2v) is 7.69. The number of ether oxygens (including phenoxy) is 2. The first-order chi connectivity index (χ1) is 14.2. The lowest BCUT2D eigenvalue weighted by Gasteiger charge is -2.18. The minimum Gasteiger partial charge on any atom is -0.488 e. The van der Waals surface area contributed by atoms with Gasteiger partial charge in [-0.1, -0.05) is 13.0 Å². The van der Waals surface area contributed by atoms with Gasteiger partial charge in [-0.15, -0.1) is 0 Å². The third-order valence-electron chi connectivity index (χ3n) is 5.30. The molecular formula is C20H22F2N4O4. The Labute approximate surface area is 171 Å². The maximum Gasteiger partial charge on any atom is 0.416 e. The fraction of sp³-hybridized carbons (Fsp3) is 0.450. The molecule has 10 heteroatoms.